The quantitative estimate of drug-likeness (QED) is 0.206. The normalized spacial score (nSPS) is 11.0. The van der Waals surface area contributed by atoms with E-state index in [4.69, 9.17) is 16.6 Å². The molecule has 0 N–H and O–H groups in total. The van der Waals surface area contributed by atoms with Gasteiger partial charge in [-0.2, -0.15) is 0 Å². The number of aryl methyl sites for hydroxylation is 1. The number of nitrogens with zero attached hydrogens (tertiary/aromatic N) is 3. The third-order valence-electron chi connectivity index (χ3n) is 5.23. The number of benzene rings is 2. The zero-order chi connectivity index (χ0) is 22.2. The van der Waals surface area contributed by atoms with Gasteiger partial charge in [-0.05, 0) is 62.5 Å². The van der Waals surface area contributed by atoms with Crippen LogP contribution in [0.2, 0.25) is 5.02 Å². The predicted octanol–water partition coefficient (Wildman–Crippen LogP) is 6.93. The summed E-state index contributed by atoms with van der Waals surface area (Å²) in [4.78, 5) is 23.4. The van der Waals surface area contributed by atoms with Crippen LogP contribution in [0.3, 0.4) is 0 Å². The topological polar surface area (TPSA) is 36.4 Å². The average molecular weight is 513 g/mol. The van der Waals surface area contributed by atoms with Crippen LogP contribution in [0.25, 0.3) is 10.2 Å². The Morgan fingerprint density at radius 2 is 1.81 bits per heavy atom. The second-order valence-electron chi connectivity index (χ2n) is 7.45. The van der Waals surface area contributed by atoms with Crippen LogP contribution in [-0.2, 0) is 4.79 Å². The second-order valence-corrected chi connectivity index (χ2v) is 10.1. The molecule has 3 aromatic rings. The van der Waals surface area contributed by atoms with E-state index in [0.717, 1.165) is 47.2 Å². The van der Waals surface area contributed by atoms with E-state index in [2.05, 4.69) is 49.9 Å². The van der Waals surface area contributed by atoms with E-state index in [0.29, 0.717) is 18.0 Å². The van der Waals surface area contributed by atoms with Crippen LogP contribution < -0.4 is 4.90 Å². The molecular formula is C24H31Cl2N3OS2. The van der Waals surface area contributed by atoms with Crippen LogP contribution in [-0.4, -0.2) is 47.7 Å². The van der Waals surface area contributed by atoms with Gasteiger partial charge in [0.1, 0.15) is 0 Å². The highest BCUT2D eigenvalue weighted by Gasteiger charge is 2.20. The largest absolute Gasteiger partial charge is 0.302 e. The number of aromatic nitrogens is 1. The number of amides is 1. The maximum absolute atomic E-state index is 13.2. The molecule has 0 fully saturated rings. The second kappa shape index (κ2) is 13.4. The van der Waals surface area contributed by atoms with Crippen molar-refractivity contribution in [3.8, 4) is 0 Å². The van der Waals surface area contributed by atoms with Gasteiger partial charge in [0.05, 0.1) is 10.2 Å². The highest BCUT2D eigenvalue weighted by Crippen LogP contribution is 2.31. The Morgan fingerprint density at radius 1 is 1.09 bits per heavy atom. The monoisotopic (exact) mass is 511 g/mol. The highest BCUT2D eigenvalue weighted by molar-refractivity contribution is 7.99. The van der Waals surface area contributed by atoms with Gasteiger partial charge in [0.25, 0.3) is 0 Å². The zero-order valence-corrected chi connectivity index (χ0v) is 22.0. The number of hydrogen-bond donors (Lipinski definition) is 0. The van der Waals surface area contributed by atoms with Crippen molar-refractivity contribution in [1.29, 1.82) is 0 Å². The predicted molar refractivity (Wildman–Crippen MR) is 143 cm³/mol. The van der Waals surface area contributed by atoms with Crippen LogP contribution in [0, 0.1) is 6.92 Å². The molecule has 8 heteroatoms. The minimum atomic E-state index is 0. The SMILES string of the molecule is CCN(CC)CCN(C(=O)CCCSc1ccc(C)cc1)c1nc2ccc(Cl)cc2s1.Cl. The van der Waals surface area contributed by atoms with Gasteiger partial charge in [-0.1, -0.05) is 54.5 Å². The van der Waals surface area contributed by atoms with E-state index in [1.165, 1.54) is 21.8 Å². The van der Waals surface area contributed by atoms with Gasteiger partial charge < -0.3 is 4.90 Å². The molecule has 0 spiro atoms. The molecular weight excluding hydrogens is 481 g/mol. The molecule has 0 saturated carbocycles. The van der Waals surface area contributed by atoms with E-state index in [1.807, 2.05) is 23.1 Å². The van der Waals surface area contributed by atoms with Crippen LogP contribution in [0.5, 0.6) is 0 Å². The number of fused-ring (bicyclic) bond motifs is 1. The third-order valence-corrected chi connectivity index (χ3v) is 7.60. The summed E-state index contributed by atoms with van der Waals surface area (Å²) in [6, 6.07) is 14.2. The summed E-state index contributed by atoms with van der Waals surface area (Å²) in [6.07, 6.45) is 1.36. The summed E-state index contributed by atoms with van der Waals surface area (Å²) in [7, 11) is 0. The number of halogens is 2. The van der Waals surface area contributed by atoms with Crippen molar-refractivity contribution >= 4 is 68.4 Å². The molecule has 0 radical (unpaired) electrons. The van der Waals surface area contributed by atoms with Crippen molar-refractivity contribution in [3.05, 3.63) is 53.1 Å². The fourth-order valence-corrected chi connectivity index (χ4v) is 5.43. The summed E-state index contributed by atoms with van der Waals surface area (Å²) >= 11 is 9.48. The van der Waals surface area contributed by atoms with E-state index in [1.54, 1.807) is 11.8 Å². The first-order valence-electron chi connectivity index (χ1n) is 10.8. The van der Waals surface area contributed by atoms with Gasteiger partial charge >= 0.3 is 0 Å². The number of rotatable bonds is 11. The standard InChI is InChI=1S/C24H30ClN3OS2.ClH/c1-4-27(5-2)14-15-28(24-26-21-13-10-19(25)17-22(21)31-24)23(29)7-6-16-30-20-11-8-18(3)9-12-20;/h8-13,17H,4-7,14-16H2,1-3H3;1H. The van der Waals surface area contributed by atoms with Crippen molar-refractivity contribution in [2.45, 2.75) is 38.5 Å². The number of carbonyl (C=O) groups excluding carboxylic acids is 1. The first-order valence-corrected chi connectivity index (χ1v) is 13.0. The molecule has 3 rings (SSSR count). The molecule has 0 unspecified atom stereocenters. The van der Waals surface area contributed by atoms with Gasteiger partial charge in [-0.15, -0.1) is 24.2 Å². The van der Waals surface area contributed by atoms with Crippen molar-refractivity contribution < 1.29 is 4.79 Å². The molecule has 0 aliphatic heterocycles. The first kappa shape index (κ1) is 26.9. The van der Waals surface area contributed by atoms with E-state index in [-0.39, 0.29) is 18.3 Å². The molecule has 0 saturated heterocycles. The maximum atomic E-state index is 13.2. The van der Waals surface area contributed by atoms with Crippen LogP contribution in [0.4, 0.5) is 5.13 Å². The van der Waals surface area contributed by atoms with Crippen molar-refractivity contribution in [1.82, 2.24) is 9.88 Å². The summed E-state index contributed by atoms with van der Waals surface area (Å²) in [5.74, 6) is 1.07. The number of carbonyl (C=O) groups is 1. The lowest BCUT2D eigenvalue weighted by atomic mass is 10.2. The number of thiazole rings is 1. The zero-order valence-electron chi connectivity index (χ0n) is 18.8. The number of thioether (sulfide) groups is 1. The Morgan fingerprint density at radius 3 is 2.50 bits per heavy atom. The van der Waals surface area contributed by atoms with Gasteiger partial charge in [-0.25, -0.2) is 4.98 Å². The lowest BCUT2D eigenvalue weighted by Gasteiger charge is -2.24. The molecule has 1 heterocycles. The van der Waals surface area contributed by atoms with Crippen LogP contribution in [0.15, 0.2) is 47.4 Å². The van der Waals surface area contributed by atoms with Crippen molar-refractivity contribution in [2.24, 2.45) is 0 Å². The summed E-state index contributed by atoms with van der Waals surface area (Å²) in [5.41, 5.74) is 2.15. The molecule has 0 aliphatic carbocycles. The summed E-state index contributed by atoms with van der Waals surface area (Å²) < 4.78 is 1.01. The molecule has 2 aromatic carbocycles. The molecule has 1 amide bonds. The van der Waals surface area contributed by atoms with Gasteiger partial charge in [0, 0.05) is 29.4 Å². The Balaban J connectivity index is 0.00000363. The minimum Gasteiger partial charge on any atom is -0.302 e. The molecule has 4 nitrogen and oxygen atoms in total. The van der Waals surface area contributed by atoms with Gasteiger partial charge in [0.15, 0.2) is 5.13 Å². The Labute approximate surface area is 210 Å². The van der Waals surface area contributed by atoms with E-state index >= 15 is 0 Å². The Kier molecular flexibility index (Phi) is 11.3. The van der Waals surface area contributed by atoms with Gasteiger partial charge in [-0.3, -0.25) is 9.69 Å². The summed E-state index contributed by atoms with van der Waals surface area (Å²) in [5, 5.41) is 1.46. The van der Waals surface area contributed by atoms with Crippen LogP contribution in [0.1, 0.15) is 32.3 Å². The third kappa shape index (κ3) is 7.63. The molecule has 0 atom stereocenters. The molecule has 0 aliphatic rings. The highest BCUT2D eigenvalue weighted by atomic mass is 35.5. The lowest BCUT2D eigenvalue weighted by molar-refractivity contribution is -0.118. The van der Waals surface area contributed by atoms with Crippen LogP contribution >= 0.6 is 47.1 Å². The van der Waals surface area contributed by atoms with E-state index < -0.39 is 0 Å². The lowest BCUT2D eigenvalue weighted by Crippen LogP contribution is -2.38. The number of hydrogen-bond acceptors (Lipinski definition) is 5. The summed E-state index contributed by atoms with van der Waals surface area (Å²) in [6.45, 7) is 9.83. The smallest absolute Gasteiger partial charge is 0.228 e. The van der Waals surface area contributed by atoms with Crippen molar-refractivity contribution in [3.63, 3.8) is 0 Å². The first-order chi connectivity index (χ1) is 15.0. The van der Waals surface area contributed by atoms with Crippen molar-refractivity contribution in [2.75, 3.05) is 36.8 Å². The fourth-order valence-electron chi connectivity index (χ4n) is 3.29. The average Bonchev–Trinajstić information content (AvgIpc) is 3.18. The van der Waals surface area contributed by atoms with E-state index in [9.17, 15) is 4.79 Å². The molecule has 1 aromatic heterocycles. The Bertz CT molecular complexity index is 991. The fraction of sp³-hybridized carbons (Fsp3) is 0.417. The molecule has 0 bridgehead atoms. The molecule has 174 valence electrons. The minimum absolute atomic E-state index is 0. The van der Waals surface area contributed by atoms with Gasteiger partial charge in [0.2, 0.25) is 5.91 Å². The Hall–Kier alpha value is -1.31. The maximum Gasteiger partial charge on any atom is 0.228 e. The number of likely N-dealkylation sites (N-methyl/N-ethyl adjacent to an activating group) is 1. The number of anilines is 1. The molecule has 32 heavy (non-hydrogen) atoms.